The average Bonchev–Trinajstić information content (AvgIpc) is 3.19. The largest absolute Gasteiger partial charge is 0.367 e. The Morgan fingerprint density at radius 2 is 2.22 bits per heavy atom. The Kier molecular flexibility index (Phi) is 5.29. The van der Waals surface area contributed by atoms with Gasteiger partial charge in [0.15, 0.2) is 11.6 Å². The number of nitrogens with zero attached hydrogens (tertiary/aromatic N) is 7. The SMILES string of the molecule is CCCc1nc([C@@H]2CN(Cc3nnnn3CCC)CCO2)n[nH]1. The van der Waals surface area contributed by atoms with Gasteiger partial charge in [0.05, 0.1) is 13.2 Å². The number of aryl methyl sites for hydroxylation is 2. The Morgan fingerprint density at radius 3 is 3.04 bits per heavy atom. The Balaban J connectivity index is 1.62. The van der Waals surface area contributed by atoms with Crippen LogP contribution in [0.15, 0.2) is 0 Å². The van der Waals surface area contributed by atoms with Gasteiger partial charge in [0.2, 0.25) is 0 Å². The van der Waals surface area contributed by atoms with E-state index in [0.717, 1.165) is 62.9 Å². The fourth-order valence-electron chi connectivity index (χ4n) is 2.73. The smallest absolute Gasteiger partial charge is 0.180 e. The number of rotatable bonds is 7. The van der Waals surface area contributed by atoms with Crippen molar-refractivity contribution >= 4 is 0 Å². The fourth-order valence-corrected chi connectivity index (χ4v) is 2.73. The van der Waals surface area contributed by atoms with Crippen LogP contribution < -0.4 is 0 Å². The lowest BCUT2D eigenvalue weighted by molar-refractivity contribution is -0.0381. The number of tetrazole rings is 1. The quantitative estimate of drug-likeness (QED) is 0.803. The van der Waals surface area contributed by atoms with E-state index in [1.807, 2.05) is 4.68 Å². The predicted octanol–water partition coefficient (Wildman–Crippen LogP) is 0.727. The molecule has 1 aliphatic rings. The predicted molar refractivity (Wildman–Crippen MR) is 82.5 cm³/mol. The maximum atomic E-state index is 5.84. The third kappa shape index (κ3) is 3.91. The molecule has 23 heavy (non-hydrogen) atoms. The number of aromatic amines is 1. The van der Waals surface area contributed by atoms with Gasteiger partial charge in [-0.2, -0.15) is 5.10 Å². The molecule has 1 N–H and O–H groups in total. The second kappa shape index (κ2) is 7.60. The molecular weight excluding hydrogens is 296 g/mol. The van der Waals surface area contributed by atoms with Gasteiger partial charge in [0.25, 0.3) is 0 Å². The molecule has 0 saturated carbocycles. The van der Waals surface area contributed by atoms with Gasteiger partial charge in [-0.25, -0.2) is 9.67 Å². The van der Waals surface area contributed by atoms with E-state index in [2.05, 4.69) is 49.5 Å². The van der Waals surface area contributed by atoms with Crippen molar-refractivity contribution in [2.75, 3.05) is 19.7 Å². The molecule has 2 aromatic rings. The molecule has 0 amide bonds. The Bertz CT molecular complexity index is 609. The molecule has 0 bridgehead atoms. The van der Waals surface area contributed by atoms with Crippen LogP contribution in [0.1, 0.15) is 50.3 Å². The summed E-state index contributed by atoms with van der Waals surface area (Å²) >= 11 is 0. The van der Waals surface area contributed by atoms with Gasteiger partial charge in [0.1, 0.15) is 11.9 Å². The molecule has 1 aliphatic heterocycles. The first kappa shape index (κ1) is 16.0. The highest BCUT2D eigenvalue weighted by atomic mass is 16.5. The molecule has 126 valence electrons. The van der Waals surface area contributed by atoms with E-state index in [-0.39, 0.29) is 6.10 Å². The molecule has 0 spiro atoms. The topological polar surface area (TPSA) is 97.6 Å². The Morgan fingerprint density at radius 1 is 1.30 bits per heavy atom. The zero-order valence-corrected chi connectivity index (χ0v) is 13.8. The molecule has 0 radical (unpaired) electrons. The lowest BCUT2D eigenvalue weighted by Crippen LogP contribution is -2.38. The highest BCUT2D eigenvalue weighted by molar-refractivity contribution is 4.97. The van der Waals surface area contributed by atoms with Gasteiger partial charge in [-0.1, -0.05) is 13.8 Å². The molecule has 3 rings (SSSR count). The van der Waals surface area contributed by atoms with Crippen molar-refractivity contribution in [1.82, 2.24) is 40.3 Å². The first-order chi connectivity index (χ1) is 11.3. The van der Waals surface area contributed by atoms with E-state index < -0.39 is 0 Å². The fraction of sp³-hybridized carbons (Fsp3) is 0.786. The first-order valence-electron chi connectivity index (χ1n) is 8.30. The van der Waals surface area contributed by atoms with Crippen LogP contribution in [0.2, 0.25) is 0 Å². The molecular formula is C14H24N8O. The number of ether oxygens (including phenoxy) is 1. The van der Waals surface area contributed by atoms with Crippen LogP contribution in [0.25, 0.3) is 0 Å². The molecule has 2 aromatic heterocycles. The monoisotopic (exact) mass is 320 g/mol. The summed E-state index contributed by atoms with van der Waals surface area (Å²) in [5.41, 5.74) is 0. The van der Waals surface area contributed by atoms with Crippen molar-refractivity contribution < 1.29 is 4.74 Å². The zero-order valence-electron chi connectivity index (χ0n) is 13.8. The summed E-state index contributed by atoms with van der Waals surface area (Å²) in [7, 11) is 0. The third-order valence-electron chi connectivity index (χ3n) is 3.88. The van der Waals surface area contributed by atoms with Crippen molar-refractivity contribution in [3.8, 4) is 0 Å². The van der Waals surface area contributed by atoms with Gasteiger partial charge < -0.3 is 4.74 Å². The lowest BCUT2D eigenvalue weighted by Gasteiger charge is -2.30. The molecule has 0 aliphatic carbocycles. The maximum Gasteiger partial charge on any atom is 0.180 e. The van der Waals surface area contributed by atoms with Gasteiger partial charge in [0, 0.05) is 26.1 Å². The molecule has 1 fully saturated rings. The van der Waals surface area contributed by atoms with Crippen LogP contribution in [0, 0.1) is 0 Å². The molecule has 0 unspecified atom stereocenters. The van der Waals surface area contributed by atoms with Crippen LogP contribution in [0.5, 0.6) is 0 Å². The number of H-pyrrole nitrogens is 1. The summed E-state index contributed by atoms with van der Waals surface area (Å²) in [5, 5.41) is 19.3. The normalized spacial score (nSPS) is 19.3. The van der Waals surface area contributed by atoms with Gasteiger partial charge in [-0.3, -0.25) is 10.00 Å². The second-order valence-corrected chi connectivity index (χ2v) is 5.80. The number of nitrogens with one attached hydrogen (secondary N) is 1. The van der Waals surface area contributed by atoms with Gasteiger partial charge in [-0.15, -0.1) is 5.10 Å². The molecule has 9 heteroatoms. The Labute approximate surface area is 135 Å². The van der Waals surface area contributed by atoms with Crippen LogP contribution in [-0.2, 0) is 24.2 Å². The van der Waals surface area contributed by atoms with Crippen LogP contribution >= 0.6 is 0 Å². The number of hydrogen-bond acceptors (Lipinski definition) is 7. The van der Waals surface area contributed by atoms with E-state index >= 15 is 0 Å². The highest BCUT2D eigenvalue weighted by Gasteiger charge is 2.26. The summed E-state index contributed by atoms with van der Waals surface area (Å²) in [6.45, 7) is 8.09. The lowest BCUT2D eigenvalue weighted by atomic mass is 10.2. The van der Waals surface area contributed by atoms with E-state index in [0.29, 0.717) is 6.61 Å². The third-order valence-corrected chi connectivity index (χ3v) is 3.88. The van der Waals surface area contributed by atoms with E-state index in [1.54, 1.807) is 0 Å². The Hall–Kier alpha value is -1.87. The molecule has 0 aromatic carbocycles. The standard InChI is InChI=1S/C14H24N8O/c1-3-5-12-15-14(18-16-12)11-9-21(7-8-23-11)10-13-17-19-20-22(13)6-4-2/h11H,3-10H2,1-2H3,(H,15,16,18)/t11-/m0/s1. The molecule has 3 heterocycles. The van der Waals surface area contributed by atoms with Crippen molar-refractivity contribution in [3.05, 3.63) is 17.5 Å². The first-order valence-corrected chi connectivity index (χ1v) is 8.30. The zero-order chi connectivity index (χ0) is 16.1. The molecule has 1 saturated heterocycles. The molecule has 9 nitrogen and oxygen atoms in total. The van der Waals surface area contributed by atoms with Crippen molar-refractivity contribution in [3.63, 3.8) is 0 Å². The molecule has 1 atom stereocenters. The van der Waals surface area contributed by atoms with E-state index in [9.17, 15) is 0 Å². The van der Waals surface area contributed by atoms with Crippen LogP contribution in [-0.4, -0.2) is 60.0 Å². The van der Waals surface area contributed by atoms with E-state index in [1.165, 1.54) is 0 Å². The van der Waals surface area contributed by atoms with Crippen LogP contribution in [0.3, 0.4) is 0 Å². The minimum Gasteiger partial charge on any atom is -0.367 e. The van der Waals surface area contributed by atoms with E-state index in [4.69, 9.17) is 4.74 Å². The summed E-state index contributed by atoms with van der Waals surface area (Å²) in [6.07, 6.45) is 2.88. The van der Waals surface area contributed by atoms with Crippen LogP contribution in [0.4, 0.5) is 0 Å². The minimum atomic E-state index is -0.0962. The maximum absolute atomic E-state index is 5.84. The number of hydrogen-bond donors (Lipinski definition) is 1. The van der Waals surface area contributed by atoms with Gasteiger partial charge >= 0.3 is 0 Å². The summed E-state index contributed by atoms with van der Waals surface area (Å²) in [6, 6.07) is 0. The summed E-state index contributed by atoms with van der Waals surface area (Å²) < 4.78 is 7.71. The van der Waals surface area contributed by atoms with Gasteiger partial charge in [-0.05, 0) is 23.3 Å². The van der Waals surface area contributed by atoms with Crippen molar-refractivity contribution in [2.45, 2.75) is 52.3 Å². The average molecular weight is 320 g/mol. The minimum absolute atomic E-state index is 0.0962. The summed E-state index contributed by atoms with van der Waals surface area (Å²) in [5.74, 6) is 2.57. The van der Waals surface area contributed by atoms with Crippen molar-refractivity contribution in [1.29, 1.82) is 0 Å². The van der Waals surface area contributed by atoms with Crippen molar-refractivity contribution in [2.24, 2.45) is 0 Å². The number of aromatic nitrogens is 7. The highest BCUT2D eigenvalue weighted by Crippen LogP contribution is 2.20. The number of morpholine rings is 1. The summed E-state index contributed by atoms with van der Waals surface area (Å²) in [4.78, 5) is 6.83. The second-order valence-electron chi connectivity index (χ2n) is 5.80.